The van der Waals surface area contributed by atoms with Crippen molar-refractivity contribution in [3.63, 3.8) is 0 Å². The quantitative estimate of drug-likeness (QED) is 0.820. The standard InChI is InChI=1S/C16H24N2OS/c1-12-5-6-15(10-13(12)2)20-9-7-16(19)18-14-4-3-8-17-11-14/h5-6,10,14,17H,3-4,7-9,11H2,1-2H3,(H,18,19)/t14-/m0/s1. The highest BCUT2D eigenvalue weighted by Crippen LogP contribution is 2.21. The maximum Gasteiger partial charge on any atom is 0.221 e. The van der Waals surface area contributed by atoms with Crippen LogP contribution >= 0.6 is 11.8 Å². The van der Waals surface area contributed by atoms with Gasteiger partial charge in [-0.1, -0.05) is 6.07 Å². The summed E-state index contributed by atoms with van der Waals surface area (Å²) in [6.45, 7) is 6.24. The van der Waals surface area contributed by atoms with Crippen LogP contribution in [0.2, 0.25) is 0 Å². The Morgan fingerprint density at radius 1 is 1.40 bits per heavy atom. The average Bonchev–Trinajstić information content (AvgIpc) is 2.44. The third-order valence-corrected chi connectivity index (χ3v) is 4.73. The van der Waals surface area contributed by atoms with Gasteiger partial charge in [-0.25, -0.2) is 0 Å². The van der Waals surface area contributed by atoms with Crippen LogP contribution in [0.5, 0.6) is 0 Å². The smallest absolute Gasteiger partial charge is 0.221 e. The minimum Gasteiger partial charge on any atom is -0.352 e. The normalized spacial score (nSPS) is 18.8. The molecule has 2 rings (SSSR count). The van der Waals surface area contributed by atoms with Crippen LogP contribution in [0.3, 0.4) is 0 Å². The van der Waals surface area contributed by atoms with Crippen LogP contribution in [0.25, 0.3) is 0 Å². The number of hydrogen-bond acceptors (Lipinski definition) is 3. The topological polar surface area (TPSA) is 41.1 Å². The second kappa shape index (κ2) is 7.70. The van der Waals surface area contributed by atoms with Crippen LogP contribution < -0.4 is 10.6 Å². The monoisotopic (exact) mass is 292 g/mol. The third kappa shape index (κ3) is 4.84. The summed E-state index contributed by atoms with van der Waals surface area (Å²) in [5.74, 6) is 1.02. The van der Waals surface area contributed by atoms with Crippen LogP contribution in [-0.2, 0) is 4.79 Å². The molecule has 1 fully saturated rings. The second-order valence-corrected chi connectivity index (χ2v) is 6.62. The van der Waals surface area contributed by atoms with Gasteiger partial charge in [-0.3, -0.25) is 4.79 Å². The molecule has 1 saturated heterocycles. The van der Waals surface area contributed by atoms with E-state index in [4.69, 9.17) is 0 Å². The van der Waals surface area contributed by atoms with Crippen molar-refractivity contribution >= 4 is 17.7 Å². The van der Waals surface area contributed by atoms with Gasteiger partial charge in [0, 0.05) is 29.7 Å². The number of thioether (sulfide) groups is 1. The van der Waals surface area contributed by atoms with Gasteiger partial charge in [-0.05, 0) is 56.5 Å². The second-order valence-electron chi connectivity index (χ2n) is 5.46. The van der Waals surface area contributed by atoms with E-state index in [0.717, 1.165) is 31.7 Å². The summed E-state index contributed by atoms with van der Waals surface area (Å²) in [6.07, 6.45) is 2.85. The molecule has 1 aromatic carbocycles. The van der Waals surface area contributed by atoms with Crippen molar-refractivity contribution in [2.24, 2.45) is 0 Å². The molecule has 1 atom stereocenters. The molecular formula is C16H24N2OS. The van der Waals surface area contributed by atoms with E-state index in [1.54, 1.807) is 11.8 Å². The highest BCUT2D eigenvalue weighted by atomic mass is 32.2. The van der Waals surface area contributed by atoms with Crippen molar-refractivity contribution < 1.29 is 4.79 Å². The molecule has 110 valence electrons. The number of carbonyl (C=O) groups is 1. The first-order valence-corrected chi connectivity index (χ1v) is 8.34. The number of nitrogens with one attached hydrogen (secondary N) is 2. The number of carbonyl (C=O) groups excluding carboxylic acids is 1. The largest absolute Gasteiger partial charge is 0.352 e. The zero-order valence-corrected chi connectivity index (χ0v) is 13.2. The van der Waals surface area contributed by atoms with Gasteiger partial charge in [0.2, 0.25) is 5.91 Å². The van der Waals surface area contributed by atoms with Crippen LogP contribution in [-0.4, -0.2) is 30.8 Å². The van der Waals surface area contributed by atoms with Crippen molar-refractivity contribution in [3.05, 3.63) is 29.3 Å². The Morgan fingerprint density at radius 3 is 2.95 bits per heavy atom. The van der Waals surface area contributed by atoms with Crippen molar-refractivity contribution in [1.82, 2.24) is 10.6 Å². The maximum absolute atomic E-state index is 11.9. The van der Waals surface area contributed by atoms with Gasteiger partial charge < -0.3 is 10.6 Å². The summed E-state index contributed by atoms with van der Waals surface area (Å²) >= 11 is 1.76. The molecular weight excluding hydrogens is 268 g/mol. The third-order valence-electron chi connectivity index (χ3n) is 3.74. The van der Waals surface area contributed by atoms with E-state index in [1.165, 1.54) is 16.0 Å². The molecule has 0 saturated carbocycles. The molecule has 2 N–H and O–H groups in total. The molecule has 3 nitrogen and oxygen atoms in total. The molecule has 1 heterocycles. The fraction of sp³-hybridized carbons (Fsp3) is 0.562. The Kier molecular flexibility index (Phi) is 5.92. The Bertz CT molecular complexity index is 456. The summed E-state index contributed by atoms with van der Waals surface area (Å²) < 4.78 is 0. The van der Waals surface area contributed by atoms with Crippen molar-refractivity contribution in [1.29, 1.82) is 0 Å². The molecule has 1 aliphatic rings. The van der Waals surface area contributed by atoms with Gasteiger partial charge in [0.1, 0.15) is 0 Å². The summed E-state index contributed by atoms with van der Waals surface area (Å²) in [5, 5.41) is 6.42. The predicted molar refractivity (Wildman–Crippen MR) is 85.3 cm³/mol. The minimum atomic E-state index is 0.176. The molecule has 1 aromatic rings. The molecule has 4 heteroatoms. The zero-order valence-electron chi connectivity index (χ0n) is 12.4. The van der Waals surface area contributed by atoms with Gasteiger partial charge in [0.25, 0.3) is 0 Å². The summed E-state index contributed by atoms with van der Waals surface area (Å²) in [6, 6.07) is 6.80. The molecule has 0 spiro atoms. The van der Waals surface area contributed by atoms with Gasteiger partial charge in [-0.15, -0.1) is 11.8 Å². The lowest BCUT2D eigenvalue weighted by Gasteiger charge is -2.23. The van der Waals surface area contributed by atoms with E-state index in [2.05, 4.69) is 42.7 Å². The Morgan fingerprint density at radius 2 is 2.25 bits per heavy atom. The first-order valence-electron chi connectivity index (χ1n) is 7.35. The zero-order chi connectivity index (χ0) is 14.4. The predicted octanol–water partition coefficient (Wildman–Crippen LogP) is 2.65. The fourth-order valence-corrected chi connectivity index (χ4v) is 3.29. The van der Waals surface area contributed by atoms with Crippen LogP contribution in [0.15, 0.2) is 23.1 Å². The molecule has 0 unspecified atom stereocenters. The number of benzene rings is 1. The molecule has 1 aliphatic heterocycles. The van der Waals surface area contributed by atoms with Gasteiger partial charge in [0.05, 0.1) is 0 Å². The molecule has 1 amide bonds. The van der Waals surface area contributed by atoms with Gasteiger partial charge in [-0.2, -0.15) is 0 Å². The lowest BCUT2D eigenvalue weighted by atomic mass is 10.1. The average molecular weight is 292 g/mol. The van der Waals surface area contributed by atoms with Crippen molar-refractivity contribution in [2.75, 3.05) is 18.8 Å². The van der Waals surface area contributed by atoms with Crippen molar-refractivity contribution in [2.45, 2.75) is 44.0 Å². The number of aryl methyl sites for hydroxylation is 2. The van der Waals surface area contributed by atoms with Crippen LogP contribution in [0.1, 0.15) is 30.4 Å². The maximum atomic E-state index is 11.9. The lowest BCUT2D eigenvalue weighted by molar-refractivity contribution is -0.121. The molecule has 20 heavy (non-hydrogen) atoms. The highest BCUT2D eigenvalue weighted by Gasteiger charge is 2.14. The van der Waals surface area contributed by atoms with E-state index in [9.17, 15) is 4.79 Å². The molecule has 0 aromatic heterocycles. The fourth-order valence-electron chi connectivity index (χ4n) is 2.34. The minimum absolute atomic E-state index is 0.176. The number of rotatable bonds is 5. The number of amides is 1. The summed E-state index contributed by atoms with van der Waals surface area (Å²) in [4.78, 5) is 13.1. The Hall–Kier alpha value is -1.00. The van der Waals surface area contributed by atoms with Crippen LogP contribution in [0, 0.1) is 13.8 Å². The van der Waals surface area contributed by atoms with E-state index >= 15 is 0 Å². The molecule has 0 bridgehead atoms. The van der Waals surface area contributed by atoms with Crippen LogP contribution in [0.4, 0.5) is 0 Å². The van der Waals surface area contributed by atoms with E-state index in [0.29, 0.717) is 12.5 Å². The van der Waals surface area contributed by atoms with Gasteiger partial charge >= 0.3 is 0 Å². The van der Waals surface area contributed by atoms with E-state index in [-0.39, 0.29) is 5.91 Å². The Balaban J connectivity index is 1.69. The van der Waals surface area contributed by atoms with E-state index < -0.39 is 0 Å². The number of piperidine rings is 1. The Labute approximate surface area is 125 Å². The molecule has 0 radical (unpaired) electrons. The first kappa shape index (κ1) is 15.4. The SMILES string of the molecule is Cc1ccc(SCCC(=O)N[C@H]2CCCNC2)cc1C. The van der Waals surface area contributed by atoms with Crippen molar-refractivity contribution in [3.8, 4) is 0 Å². The summed E-state index contributed by atoms with van der Waals surface area (Å²) in [7, 11) is 0. The first-order chi connectivity index (χ1) is 9.65. The lowest BCUT2D eigenvalue weighted by Crippen LogP contribution is -2.45. The molecule has 0 aliphatic carbocycles. The summed E-state index contributed by atoms with van der Waals surface area (Å²) in [5.41, 5.74) is 2.63. The van der Waals surface area contributed by atoms with Gasteiger partial charge in [0.15, 0.2) is 0 Å². The number of hydrogen-bond donors (Lipinski definition) is 2. The highest BCUT2D eigenvalue weighted by molar-refractivity contribution is 7.99. The van der Waals surface area contributed by atoms with E-state index in [1.807, 2.05) is 0 Å².